The number of halogens is 1. The maximum absolute atomic E-state index is 5.93. The average molecular weight is 343 g/mol. The Bertz CT molecular complexity index is 504. The van der Waals surface area contributed by atoms with Gasteiger partial charge in [-0.05, 0) is 54.9 Å². The van der Waals surface area contributed by atoms with Crippen LogP contribution in [0.15, 0.2) is 22.7 Å². The molecule has 0 saturated carbocycles. The zero-order chi connectivity index (χ0) is 14.2. The quantitative estimate of drug-likeness (QED) is 0.838. The van der Waals surface area contributed by atoms with E-state index in [1.807, 2.05) is 12.1 Å². The van der Waals surface area contributed by atoms with Gasteiger partial charge in [-0.25, -0.2) is 0 Å². The Morgan fingerprint density at radius 2 is 2.21 bits per heavy atom. The number of benzene rings is 1. The Balaban J connectivity index is 2.29. The maximum atomic E-state index is 5.93. The minimum Gasteiger partial charge on any atom is -0.389 e. The molecule has 0 bridgehead atoms. The van der Waals surface area contributed by atoms with Gasteiger partial charge in [-0.2, -0.15) is 0 Å². The van der Waals surface area contributed by atoms with E-state index in [4.69, 9.17) is 22.7 Å². The first-order valence-electron chi connectivity index (χ1n) is 6.30. The second-order valence-corrected chi connectivity index (χ2v) is 6.89. The lowest BCUT2D eigenvalue weighted by Crippen LogP contribution is -2.52. The van der Waals surface area contributed by atoms with E-state index in [0.717, 1.165) is 28.8 Å². The van der Waals surface area contributed by atoms with E-state index >= 15 is 0 Å². The monoisotopic (exact) mass is 342 g/mol. The molecule has 1 saturated heterocycles. The second-order valence-electron chi connectivity index (χ2n) is 5.60. The normalized spacial score (nSPS) is 22.3. The highest BCUT2D eigenvalue weighted by Gasteiger charge is 2.32. The fraction of sp³-hybridized carbons (Fsp3) is 0.500. The van der Waals surface area contributed by atoms with Crippen LogP contribution in [-0.2, 0) is 4.74 Å². The van der Waals surface area contributed by atoms with Crippen molar-refractivity contribution >= 4 is 38.8 Å². The van der Waals surface area contributed by atoms with Gasteiger partial charge >= 0.3 is 0 Å². The van der Waals surface area contributed by atoms with Gasteiger partial charge in [0.25, 0.3) is 0 Å². The molecule has 1 fully saturated rings. The summed E-state index contributed by atoms with van der Waals surface area (Å²) in [6.45, 7) is 8.09. The van der Waals surface area contributed by atoms with Crippen molar-refractivity contribution in [2.75, 3.05) is 18.0 Å². The van der Waals surface area contributed by atoms with Crippen molar-refractivity contribution < 1.29 is 4.74 Å². The fourth-order valence-electron chi connectivity index (χ4n) is 2.55. The van der Waals surface area contributed by atoms with Gasteiger partial charge in [0.2, 0.25) is 0 Å². The molecule has 1 aliphatic heterocycles. The number of nitrogens with two attached hydrogens (primary N) is 1. The Labute approximate surface area is 128 Å². The van der Waals surface area contributed by atoms with Crippen LogP contribution in [0.5, 0.6) is 0 Å². The molecule has 1 aromatic rings. The van der Waals surface area contributed by atoms with Crippen LogP contribution < -0.4 is 10.6 Å². The summed E-state index contributed by atoms with van der Waals surface area (Å²) in [5, 5.41) is 0. The van der Waals surface area contributed by atoms with Gasteiger partial charge in [0, 0.05) is 23.1 Å². The number of nitrogens with zero attached hydrogens (tertiary/aromatic N) is 1. The highest BCUT2D eigenvalue weighted by molar-refractivity contribution is 9.10. The Morgan fingerprint density at radius 3 is 2.74 bits per heavy atom. The van der Waals surface area contributed by atoms with E-state index in [-0.39, 0.29) is 11.7 Å². The third-order valence-corrected chi connectivity index (χ3v) is 4.01. The summed E-state index contributed by atoms with van der Waals surface area (Å²) in [6, 6.07) is 6.01. The number of ether oxygens (including phenoxy) is 1. The minimum atomic E-state index is -0.140. The van der Waals surface area contributed by atoms with Crippen molar-refractivity contribution in [3.8, 4) is 0 Å². The zero-order valence-corrected chi connectivity index (χ0v) is 13.8. The molecule has 0 radical (unpaired) electrons. The lowest BCUT2D eigenvalue weighted by Gasteiger charge is -2.43. The predicted octanol–water partition coefficient (Wildman–Crippen LogP) is 3.09. The molecule has 0 amide bonds. The van der Waals surface area contributed by atoms with E-state index in [2.05, 4.69) is 47.7 Å². The van der Waals surface area contributed by atoms with Crippen LogP contribution >= 0.6 is 28.1 Å². The van der Waals surface area contributed by atoms with Crippen LogP contribution in [0.1, 0.15) is 26.3 Å². The molecule has 0 spiro atoms. The topological polar surface area (TPSA) is 38.5 Å². The maximum Gasteiger partial charge on any atom is 0.104 e. The van der Waals surface area contributed by atoms with Gasteiger partial charge in [0.15, 0.2) is 0 Å². The molecule has 104 valence electrons. The lowest BCUT2D eigenvalue weighted by molar-refractivity contribution is -0.0750. The summed E-state index contributed by atoms with van der Waals surface area (Å²) >= 11 is 8.61. The van der Waals surface area contributed by atoms with Crippen LogP contribution in [-0.4, -0.2) is 29.8 Å². The van der Waals surface area contributed by atoms with Crippen LogP contribution in [0.4, 0.5) is 5.69 Å². The van der Waals surface area contributed by atoms with Crippen molar-refractivity contribution in [1.82, 2.24) is 0 Å². The predicted molar refractivity (Wildman–Crippen MR) is 86.9 cm³/mol. The molecule has 1 aromatic carbocycles. The third kappa shape index (κ3) is 3.46. The van der Waals surface area contributed by atoms with Crippen molar-refractivity contribution in [3.63, 3.8) is 0 Å². The molecule has 3 nitrogen and oxygen atoms in total. The van der Waals surface area contributed by atoms with Gasteiger partial charge in [0.05, 0.1) is 17.4 Å². The first kappa shape index (κ1) is 14.8. The van der Waals surface area contributed by atoms with Gasteiger partial charge in [-0.1, -0.05) is 12.2 Å². The van der Waals surface area contributed by atoms with E-state index < -0.39 is 0 Å². The molecule has 0 aromatic heterocycles. The van der Waals surface area contributed by atoms with Crippen LogP contribution in [0.2, 0.25) is 0 Å². The zero-order valence-electron chi connectivity index (χ0n) is 11.4. The van der Waals surface area contributed by atoms with Crippen molar-refractivity contribution in [1.29, 1.82) is 0 Å². The molecule has 2 rings (SSSR count). The standard InChI is InChI=1S/C14H19BrN2OS/c1-9-7-17(8-14(2,3)18-9)12-5-4-10(13(16)19)6-11(12)15/h4-6,9H,7-8H2,1-3H3,(H2,16,19). The molecule has 2 N–H and O–H groups in total. The number of rotatable bonds is 2. The van der Waals surface area contributed by atoms with Crippen molar-refractivity contribution in [3.05, 3.63) is 28.2 Å². The summed E-state index contributed by atoms with van der Waals surface area (Å²) in [5.74, 6) is 0. The molecule has 0 aliphatic carbocycles. The Hall–Kier alpha value is -0.650. The van der Waals surface area contributed by atoms with Crippen LogP contribution in [0.3, 0.4) is 0 Å². The van der Waals surface area contributed by atoms with E-state index in [9.17, 15) is 0 Å². The van der Waals surface area contributed by atoms with Crippen molar-refractivity contribution in [2.45, 2.75) is 32.5 Å². The summed E-state index contributed by atoms with van der Waals surface area (Å²) in [4.78, 5) is 2.75. The molecule has 19 heavy (non-hydrogen) atoms. The average Bonchev–Trinajstić information content (AvgIpc) is 2.25. The fourth-order valence-corrected chi connectivity index (χ4v) is 3.31. The number of hydrogen-bond donors (Lipinski definition) is 1. The van der Waals surface area contributed by atoms with Crippen LogP contribution in [0.25, 0.3) is 0 Å². The van der Waals surface area contributed by atoms with Gasteiger partial charge < -0.3 is 15.4 Å². The SMILES string of the molecule is CC1CN(c2ccc(C(N)=S)cc2Br)CC(C)(C)O1. The number of morpholine rings is 1. The molecule has 1 aliphatic rings. The third-order valence-electron chi connectivity index (χ3n) is 3.14. The van der Waals surface area contributed by atoms with E-state index in [1.54, 1.807) is 0 Å². The molecule has 1 heterocycles. The first-order valence-corrected chi connectivity index (χ1v) is 7.51. The molecule has 1 atom stereocenters. The van der Waals surface area contributed by atoms with Crippen molar-refractivity contribution in [2.24, 2.45) is 5.73 Å². The van der Waals surface area contributed by atoms with Crippen LogP contribution in [0, 0.1) is 0 Å². The molecule has 5 heteroatoms. The summed E-state index contributed by atoms with van der Waals surface area (Å²) in [5.41, 5.74) is 7.55. The summed E-state index contributed by atoms with van der Waals surface area (Å²) < 4.78 is 6.95. The van der Waals surface area contributed by atoms with Gasteiger partial charge in [0.1, 0.15) is 4.99 Å². The first-order chi connectivity index (χ1) is 8.78. The number of thiocarbonyl (C=S) groups is 1. The Kier molecular flexibility index (Phi) is 4.18. The lowest BCUT2D eigenvalue weighted by atomic mass is 10.0. The minimum absolute atomic E-state index is 0.140. The number of anilines is 1. The van der Waals surface area contributed by atoms with Gasteiger partial charge in [-0.15, -0.1) is 0 Å². The van der Waals surface area contributed by atoms with E-state index in [1.165, 1.54) is 0 Å². The molecular formula is C14H19BrN2OS. The summed E-state index contributed by atoms with van der Waals surface area (Å²) in [7, 11) is 0. The van der Waals surface area contributed by atoms with E-state index in [0.29, 0.717) is 4.99 Å². The highest BCUT2D eigenvalue weighted by Crippen LogP contribution is 2.32. The molecule has 1 unspecified atom stereocenters. The summed E-state index contributed by atoms with van der Waals surface area (Å²) in [6.07, 6.45) is 0.214. The largest absolute Gasteiger partial charge is 0.389 e. The van der Waals surface area contributed by atoms with Gasteiger partial charge in [-0.3, -0.25) is 0 Å². The molecular weight excluding hydrogens is 324 g/mol. The Morgan fingerprint density at radius 1 is 1.53 bits per heavy atom. The number of hydrogen-bond acceptors (Lipinski definition) is 3. The highest BCUT2D eigenvalue weighted by atomic mass is 79.9. The smallest absolute Gasteiger partial charge is 0.104 e. The second kappa shape index (κ2) is 5.38.